The highest BCUT2D eigenvalue weighted by Crippen LogP contribution is 2.30. The van der Waals surface area contributed by atoms with Crippen LogP contribution in [0.5, 0.6) is 17.2 Å². The fourth-order valence-corrected chi connectivity index (χ4v) is 3.31. The van der Waals surface area contributed by atoms with Crippen LogP contribution in [0.2, 0.25) is 0 Å². The van der Waals surface area contributed by atoms with E-state index in [1.165, 1.54) is 6.21 Å². The second kappa shape index (κ2) is 9.44. The Morgan fingerprint density at radius 3 is 2.61 bits per heavy atom. The molecule has 1 aliphatic heterocycles. The lowest BCUT2D eigenvalue weighted by Gasteiger charge is -2.18. The first-order valence-corrected chi connectivity index (χ1v) is 10.2. The first-order valence-electron chi connectivity index (χ1n) is 9.40. The number of benzene rings is 3. The third-order valence-electron chi connectivity index (χ3n) is 4.35. The Labute approximate surface area is 186 Å². The summed E-state index contributed by atoms with van der Waals surface area (Å²) in [4.78, 5) is 24.7. The quantitative estimate of drug-likeness (QED) is 0.256. The maximum atomic E-state index is 12.3. The number of fused-ring (bicyclic) bond motifs is 1. The van der Waals surface area contributed by atoms with Crippen molar-refractivity contribution in [2.75, 3.05) is 13.2 Å². The molecule has 31 heavy (non-hydrogen) atoms. The number of esters is 1. The molecule has 0 bridgehead atoms. The van der Waals surface area contributed by atoms with Crippen LogP contribution in [0.25, 0.3) is 0 Å². The molecule has 3 aromatic carbocycles. The molecule has 7 nitrogen and oxygen atoms in total. The maximum absolute atomic E-state index is 12.3. The van der Waals surface area contributed by atoms with E-state index >= 15 is 0 Å². The molecule has 0 atom stereocenters. The second-order valence-electron chi connectivity index (χ2n) is 6.50. The first kappa shape index (κ1) is 20.6. The molecule has 1 aliphatic rings. The molecule has 0 fully saturated rings. The Balaban J connectivity index is 1.39. The highest BCUT2D eigenvalue weighted by Gasteiger charge is 2.15. The van der Waals surface area contributed by atoms with Crippen molar-refractivity contribution in [3.8, 4) is 17.2 Å². The number of carbonyl (C=O) groups is 2. The predicted octanol–water partition coefficient (Wildman–Crippen LogP) is 4.20. The monoisotopic (exact) mass is 480 g/mol. The predicted molar refractivity (Wildman–Crippen MR) is 118 cm³/mol. The standard InChI is InChI=1S/C23H17BrN2O5/c24-19-7-2-1-6-18(19)23(28)31-17-5-3-4-15(12-17)14-25-26-22(27)16-8-9-20-21(13-16)30-11-10-29-20/h1-9,12-14H,10-11H2,(H,26,27)/b25-14+. The SMILES string of the molecule is O=C(N/N=C/c1cccc(OC(=O)c2ccccc2Br)c1)c1ccc2c(c1)OCCO2. The zero-order valence-corrected chi connectivity index (χ0v) is 17.8. The van der Waals surface area contributed by atoms with E-state index in [-0.39, 0.29) is 5.91 Å². The summed E-state index contributed by atoms with van der Waals surface area (Å²) in [7, 11) is 0. The highest BCUT2D eigenvalue weighted by molar-refractivity contribution is 9.10. The summed E-state index contributed by atoms with van der Waals surface area (Å²) in [6, 6.07) is 18.8. The Morgan fingerprint density at radius 2 is 1.77 bits per heavy atom. The minimum atomic E-state index is -0.478. The molecule has 0 aliphatic carbocycles. The molecule has 3 aromatic rings. The minimum Gasteiger partial charge on any atom is -0.486 e. The summed E-state index contributed by atoms with van der Waals surface area (Å²) in [6.45, 7) is 0.929. The lowest BCUT2D eigenvalue weighted by molar-refractivity contribution is 0.0733. The van der Waals surface area contributed by atoms with Gasteiger partial charge in [-0.3, -0.25) is 4.79 Å². The van der Waals surface area contributed by atoms with Crippen LogP contribution in [0, 0.1) is 0 Å². The van der Waals surface area contributed by atoms with E-state index in [1.54, 1.807) is 60.7 Å². The van der Waals surface area contributed by atoms with Crippen LogP contribution in [0.3, 0.4) is 0 Å². The molecule has 1 N–H and O–H groups in total. The molecule has 0 spiro atoms. The van der Waals surface area contributed by atoms with Crippen LogP contribution < -0.4 is 19.6 Å². The van der Waals surface area contributed by atoms with E-state index in [0.717, 1.165) is 0 Å². The van der Waals surface area contributed by atoms with Crippen molar-refractivity contribution in [1.29, 1.82) is 0 Å². The minimum absolute atomic E-state index is 0.364. The molecule has 0 radical (unpaired) electrons. The van der Waals surface area contributed by atoms with Gasteiger partial charge in [0.2, 0.25) is 0 Å². The number of hydrogen-bond donors (Lipinski definition) is 1. The summed E-state index contributed by atoms with van der Waals surface area (Å²) in [5.74, 6) is 0.642. The van der Waals surface area contributed by atoms with Crippen molar-refractivity contribution in [2.45, 2.75) is 0 Å². The highest BCUT2D eigenvalue weighted by atomic mass is 79.9. The van der Waals surface area contributed by atoms with Gasteiger partial charge < -0.3 is 14.2 Å². The summed E-state index contributed by atoms with van der Waals surface area (Å²) in [6.07, 6.45) is 1.46. The molecule has 1 heterocycles. The van der Waals surface area contributed by atoms with E-state index in [4.69, 9.17) is 14.2 Å². The molecule has 8 heteroatoms. The Bertz CT molecular complexity index is 1160. The summed E-state index contributed by atoms with van der Waals surface area (Å²) in [5.41, 5.74) is 3.95. The molecular formula is C23H17BrN2O5. The van der Waals surface area contributed by atoms with Crippen LogP contribution in [-0.4, -0.2) is 31.3 Å². The number of ether oxygens (including phenoxy) is 3. The second-order valence-corrected chi connectivity index (χ2v) is 7.35. The van der Waals surface area contributed by atoms with Crippen LogP contribution in [-0.2, 0) is 0 Å². The first-order chi connectivity index (χ1) is 15.1. The average Bonchev–Trinajstić information content (AvgIpc) is 2.79. The van der Waals surface area contributed by atoms with Gasteiger partial charge in [-0.25, -0.2) is 10.2 Å². The molecule has 0 aromatic heterocycles. The Hall–Kier alpha value is -3.65. The zero-order valence-electron chi connectivity index (χ0n) is 16.2. The molecule has 156 valence electrons. The van der Waals surface area contributed by atoms with Gasteiger partial charge in [-0.1, -0.05) is 24.3 Å². The van der Waals surface area contributed by atoms with Crippen LogP contribution in [0.1, 0.15) is 26.3 Å². The fraction of sp³-hybridized carbons (Fsp3) is 0.0870. The Morgan fingerprint density at radius 1 is 0.968 bits per heavy atom. The van der Waals surface area contributed by atoms with Crippen LogP contribution in [0.4, 0.5) is 0 Å². The third kappa shape index (κ3) is 5.10. The number of carbonyl (C=O) groups excluding carboxylic acids is 2. The lowest BCUT2D eigenvalue weighted by Crippen LogP contribution is -2.19. The number of rotatable bonds is 5. The van der Waals surface area contributed by atoms with Gasteiger partial charge in [-0.05, 0) is 64.0 Å². The number of amides is 1. The van der Waals surface area contributed by atoms with Gasteiger partial charge in [0.05, 0.1) is 11.8 Å². The van der Waals surface area contributed by atoms with Gasteiger partial charge in [0, 0.05) is 10.0 Å². The molecule has 0 saturated heterocycles. The van der Waals surface area contributed by atoms with E-state index in [0.29, 0.717) is 51.6 Å². The van der Waals surface area contributed by atoms with E-state index < -0.39 is 5.97 Å². The number of nitrogens with one attached hydrogen (secondary N) is 1. The van der Waals surface area contributed by atoms with Crippen molar-refractivity contribution < 1.29 is 23.8 Å². The summed E-state index contributed by atoms with van der Waals surface area (Å²) < 4.78 is 17.0. The normalized spacial score (nSPS) is 12.4. The van der Waals surface area contributed by atoms with Gasteiger partial charge in [0.15, 0.2) is 11.5 Å². The number of hydrogen-bond acceptors (Lipinski definition) is 6. The van der Waals surface area contributed by atoms with E-state index in [9.17, 15) is 9.59 Å². The summed E-state index contributed by atoms with van der Waals surface area (Å²) >= 11 is 3.33. The molecular weight excluding hydrogens is 464 g/mol. The molecule has 4 rings (SSSR count). The van der Waals surface area contributed by atoms with Crippen molar-refractivity contribution in [3.05, 3.63) is 87.9 Å². The van der Waals surface area contributed by atoms with E-state index in [2.05, 4.69) is 26.5 Å². The average molecular weight is 481 g/mol. The van der Waals surface area contributed by atoms with Gasteiger partial charge in [0.25, 0.3) is 5.91 Å². The van der Waals surface area contributed by atoms with Gasteiger partial charge in [0.1, 0.15) is 19.0 Å². The number of nitrogens with zero attached hydrogens (tertiary/aromatic N) is 1. The smallest absolute Gasteiger partial charge is 0.344 e. The topological polar surface area (TPSA) is 86.2 Å². The van der Waals surface area contributed by atoms with Crippen molar-refractivity contribution >= 4 is 34.0 Å². The molecule has 1 amide bonds. The van der Waals surface area contributed by atoms with Gasteiger partial charge in [-0.2, -0.15) is 5.10 Å². The Kier molecular flexibility index (Phi) is 6.28. The van der Waals surface area contributed by atoms with E-state index in [1.807, 2.05) is 6.07 Å². The number of hydrazone groups is 1. The van der Waals surface area contributed by atoms with Gasteiger partial charge in [-0.15, -0.1) is 0 Å². The molecule has 0 unspecified atom stereocenters. The van der Waals surface area contributed by atoms with Crippen molar-refractivity contribution in [2.24, 2.45) is 5.10 Å². The fourth-order valence-electron chi connectivity index (χ4n) is 2.86. The largest absolute Gasteiger partial charge is 0.486 e. The van der Waals surface area contributed by atoms with Crippen LogP contribution in [0.15, 0.2) is 76.3 Å². The maximum Gasteiger partial charge on any atom is 0.344 e. The third-order valence-corrected chi connectivity index (χ3v) is 5.04. The van der Waals surface area contributed by atoms with Crippen LogP contribution >= 0.6 is 15.9 Å². The van der Waals surface area contributed by atoms with Crippen molar-refractivity contribution in [1.82, 2.24) is 5.43 Å². The lowest BCUT2D eigenvalue weighted by atomic mass is 10.2. The summed E-state index contributed by atoms with van der Waals surface area (Å²) in [5, 5.41) is 3.98. The van der Waals surface area contributed by atoms with Gasteiger partial charge >= 0.3 is 5.97 Å². The molecule has 0 saturated carbocycles. The van der Waals surface area contributed by atoms with Crippen molar-refractivity contribution in [3.63, 3.8) is 0 Å². The zero-order chi connectivity index (χ0) is 21.6. The number of halogens is 1.